The van der Waals surface area contributed by atoms with Gasteiger partial charge in [0.05, 0.1) is 35.7 Å². The van der Waals surface area contributed by atoms with E-state index in [0.29, 0.717) is 71.2 Å². The molecule has 3 aromatic rings. The molecule has 0 spiro atoms. The maximum atomic E-state index is 9.82. The van der Waals surface area contributed by atoms with E-state index in [9.17, 15) is 30.0 Å². The molecule has 0 aliphatic heterocycles. The van der Waals surface area contributed by atoms with Crippen LogP contribution in [0.2, 0.25) is 0 Å². The maximum absolute atomic E-state index is 9.82. The van der Waals surface area contributed by atoms with Crippen molar-refractivity contribution in [1.82, 2.24) is 29.1 Å². The van der Waals surface area contributed by atoms with Gasteiger partial charge in [0.1, 0.15) is 0 Å². The van der Waals surface area contributed by atoms with Crippen LogP contribution in [0, 0.1) is 17.8 Å². The summed E-state index contributed by atoms with van der Waals surface area (Å²) in [6.45, 7) is 24.4. The predicted octanol–water partition coefficient (Wildman–Crippen LogP) is 5.51. The minimum Gasteiger partial charge on any atom is -0.421 e. The van der Waals surface area contributed by atoms with Crippen LogP contribution in [-0.4, -0.2) is 59.1 Å². The van der Waals surface area contributed by atoms with Crippen molar-refractivity contribution in [2.24, 2.45) is 17.8 Å². The standard InChI is InChI=1S/3C12H20N2O2.Fe/c3*1-5-9(4)11-7-13-10(6-8(2)3)12(15)14(11)16;/h3*7-9,16H,5-6H2,1-4H3;/p+3. The van der Waals surface area contributed by atoms with E-state index in [-0.39, 0.29) is 51.5 Å². The van der Waals surface area contributed by atoms with E-state index >= 15 is 0 Å². The first kappa shape index (κ1) is 45.6. The Hall–Kier alpha value is -3.44. The molecule has 278 valence electrons. The summed E-state index contributed by atoms with van der Waals surface area (Å²) in [5.41, 5.74) is 3.18. The summed E-state index contributed by atoms with van der Waals surface area (Å²) in [4.78, 5) is 42.1. The summed E-state index contributed by atoms with van der Waals surface area (Å²) in [7, 11) is 0. The fourth-order valence-corrected chi connectivity index (χ4v) is 4.73. The van der Waals surface area contributed by atoms with Gasteiger partial charge in [0.15, 0.2) is 17.1 Å². The Morgan fingerprint density at radius 2 is 0.694 bits per heavy atom. The summed E-state index contributed by atoms with van der Waals surface area (Å²) < 4.78 is 2.58. The molecule has 3 aromatic heterocycles. The second-order valence-electron chi connectivity index (χ2n) is 14.0. The van der Waals surface area contributed by atoms with Gasteiger partial charge in [-0.2, -0.15) is 0 Å². The number of rotatable bonds is 12. The smallest absolute Gasteiger partial charge is 0.421 e. The molecule has 6 N–H and O–H groups in total. The van der Waals surface area contributed by atoms with Crippen LogP contribution in [0.3, 0.4) is 0 Å². The van der Waals surface area contributed by atoms with Crippen LogP contribution in [0.15, 0.2) is 18.6 Å². The predicted molar refractivity (Wildman–Crippen MR) is 185 cm³/mol. The summed E-state index contributed by atoms with van der Waals surface area (Å²) >= 11 is 0. The molecule has 0 aliphatic carbocycles. The van der Waals surface area contributed by atoms with Gasteiger partial charge < -0.3 is 15.6 Å². The minimum absolute atomic E-state index is 0. The number of hydrogen-bond donors (Lipinski definition) is 3. The monoisotopic (exact) mass is 731 g/mol. The van der Waals surface area contributed by atoms with Crippen molar-refractivity contribution < 1.29 is 47.1 Å². The van der Waals surface area contributed by atoms with Crippen molar-refractivity contribution in [3.05, 3.63) is 69.4 Å². The zero-order chi connectivity index (χ0) is 36.9. The topological polar surface area (TPSA) is 178 Å². The van der Waals surface area contributed by atoms with E-state index in [1.807, 2.05) is 83.1 Å². The number of hydrogen-bond acceptors (Lipinski definition) is 6. The van der Waals surface area contributed by atoms with E-state index in [1.165, 1.54) is 0 Å². The second kappa shape index (κ2) is 21.6. The minimum atomic E-state index is -0.133. The Kier molecular flexibility index (Phi) is 20.1. The first-order chi connectivity index (χ1) is 22.4. The number of nitrogens with zero attached hydrogens (tertiary/aromatic N) is 6. The van der Waals surface area contributed by atoms with Gasteiger partial charge in [-0.15, -0.1) is 14.2 Å². The average Bonchev–Trinajstić information content (AvgIpc) is 3.03. The summed E-state index contributed by atoms with van der Waals surface area (Å²) in [5.74, 6) is 1.72. The molecule has 0 fully saturated rings. The third-order valence-corrected chi connectivity index (χ3v) is 8.32. The van der Waals surface area contributed by atoms with Crippen LogP contribution in [-0.2, 0) is 36.3 Å². The molecule has 12 nitrogen and oxygen atoms in total. The fraction of sp³-hybridized carbons (Fsp3) is 0.667. The molecule has 13 heteroatoms. The van der Waals surface area contributed by atoms with Crippen LogP contribution in [0.25, 0.3) is 0 Å². The van der Waals surface area contributed by atoms with Gasteiger partial charge in [0.2, 0.25) is 0 Å². The molecule has 3 unspecified atom stereocenters. The Labute approximate surface area is 302 Å². The molecule has 3 heterocycles. The van der Waals surface area contributed by atoms with Gasteiger partial charge in [0.25, 0.3) is 0 Å². The van der Waals surface area contributed by atoms with Crippen molar-refractivity contribution >= 4 is 0 Å². The molecule has 49 heavy (non-hydrogen) atoms. The Morgan fingerprint density at radius 3 is 0.857 bits per heavy atom. The van der Waals surface area contributed by atoms with Crippen molar-refractivity contribution in [1.29, 1.82) is 0 Å². The van der Waals surface area contributed by atoms with Crippen molar-refractivity contribution in [2.45, 2.75) is 139 Å². The zero-order valence-electron chi connectivity index (χ0n) is 31.7. The van der Waals surface area contributed by atoms with Crippen molar-refractivity contribution in [3.63, 3.8) is 0 Å². The van der Waals surface area contributed by atoms with E-state index in [1.54, 1.807) is 18.6 Å². The van der Waals surface area contributed by atoms with Gasteiger partial charge in [-0.25, -0.2) is 15.0 Å². The Bertz CT molecular complexity index is 1430. The normalized spacial score (nSPS) is 12.8. The van der Waals surface area contributed by atoms with Crippen LogP contribution >= 0.6 is 0 Å². The molecule has 3 atom stereocenters. The van der Waals surface area contributed by atoms with Crippen LogP contribution in [0.4, 0.5) is 0 Å². The van der Waals surface area contributed by atoms with Crippen molar-refractivity contribution in [2.75, 3.05) is 0 Å². The van der Waals surface area contributed by atoms with Gasteiger partial charge in [-0.1, -0.05) is 83.1 Å². The third-order valence-electron chi connectivity index (χ3n) is 8.32. The van der Waals surface area contributed by atoms with E-state index in [0.717, 1.165) is 33.5 Å². The van der Waals surface area contributed by atoms with Crippen LogP contribution < -0.4 is 16.7 Å². The molecule has 3 rings (SSSR count). The molecule has 0 aliphatic rings. The van der Waals surface area contributed by atoms with E-state index in [4.69, 9.17) is 0 Å². The summed E-state index contributed by atoms with van der Waals surface area (Å²) in [6, 6.07) is 0. The zero-order valence-corrected chi connectivity index (χ0v) is 32.8. The van der Waals surface area contributed by atoms with Crippen LogP contribution in [0.1, 0.15) is 154 Å². The van der Waals surface area contributed by atoms with Crippen molar-refractivity contribution in [3.8, 4) is 0 Å². The Balaban J connectivity index is 0.000000698. The average molecular weight is 732 g/mol. The molecule has 0 bridgehead atoms. The van der Waals surface area contributed by atoms with Gasteiger partial charge in [-0.05, 0) is 37.0 Å². The largest absolute Gasteiger partial charge is 0.475 e. The molecule has 0 amide bonds. The second-order valence-corrected chi connectivity index (χ2v) is 14.0. The van der Waals surface area contributed by atoms with E-state index < -0.39 is 0 Å². The first-order valence-corrected chi connectivity index (χ1v) is 17.4. The van der Waals surface area contributed by atoms with E-state index in [2.05, 4.69) is 15.0 Å². The Morgan fingerprint density at radius 1 is 0.490 bits per heavy atom. The SMILES string of the molecule is CCC(C)c1cnc(CC(C)C)c(=[OH+])n1O.CCC(C)c1cnc(CC(C)C)c(=[OH+])n1O.CCC(C)c1cnc(CC(C)C)c(=[OH+])n1O.[Fe]. The molecular weight excluding hydrogens is 668 g/mol. The molecule has 0 saturated carbocycles. The van der Waals surface area contributed by atoms with Crippen LogP contribution in [0.5, 0.6) is 0 Å². The van der Waals surface area contributed by atoms with Gasteiger partial charge in [-0.3, -0.25) is 14.4 Å². The van der Waals surface area contributed by atoms with Gasteiger partial charge >= 0.3 is 16.7 Å². The molecule has 0 aromatic carbocycles. The molecule has 0 saturated heterocycles. The first-order valence-electron chi connectivity index (χ1n) is 17.4. The molecular formula is C36H63FeN6O6+3. The third kappa shape index (κ3) is 13.4. The number of aromatic nitrogens is 6. The fourth-order valence-electron chi connectivity index (χ4n) is 4.73. The quantitative estimate of drug-likeness (QED) is 0.126. The summed E-state index contributed by atoms with van der Waals surface area (Å²) in [6.07, 6.45) is 9.60. The summed E-state index contributed by atoms with van der Waals surface area (Å²) in [5, 5.41) is 29.5. The maximum Gasteiger partial charge on any atom is 0.475 e. The van der Waals surface area contributed by atoms with Gasteiger partial charge in [0, 0.05) is 54.1 Å². The molecule has 0 radical (unpaired) electrons.